The summed E-state index contributed by atoms with van der Waals surface area (Å²) in [6.07, 6.45) is 2.68. The lowest BCUT2D eigenvalue weighted by molar-refractivity contribution is -0.129. The van der Waals surface area contributed by atoms with Gasteiger partial charge in [0.25, 0.3) is 0 Å². The number of amides is 2. The predicted octanol–water partition coefficient (Wildman–Crippen LogP) is 2.04. The molecule has 2 aromatic carbocycles. The molecule has 1 aromatic heterocycles. The van der Waals surface area contributed by atoms with Gasteiger partial charge >= 0.3 is 0 Å². The Bertz CT molecular complexity index is 1100. The normalized spacial score (nSPS) is 12.0. The van der Waals surface area contributed by atoms with Crippen LogP contribution in [0.5, 0.6) is 0 Å². The topological polar surface area (TPSA) is 136 Å². The van der Waals surface area contributed by atoms with Crippen LogP contribution in [0.4, 0.5) is 0 Å². The fourth-order valence-electron chi connectivity index (χ4n) is 3.65. The minimum atomic E-state index is -0.600. The number of benzene rings is 2. The Balaban J connectivity index is 1.44. The van der Waals surface area contributed by atoms with E-state index >= 15 is 0 Å². The number of fused-ring (bicyclic) bond motifs is 1. The number of hydrogen-bond donors (Lipinski definition) is 6. The monoisotopic (exact) mass is 448 g/mol. The highest BCUT2D eigenvalue weighted by molar-refractivity contribution is 5.94. The highest BCUT2D eigenvalue weighted by Crippen LogP contribution is 2.17. The number of hydrogen-bond acceptors (Lipinski definition) is 4. The zero-order valence-electron chi connectivity index (χ0n) is 19.1. The summed E-state index contributed by atoms with van der Waals surface area (Å²) >= 11 is 0. The molecule has 0 fully saturated rings. The minimum Gasteiger partial charge on any atom is -0.384 e. The number of aromatic nitrogens is 1. The predicted molar refractivity (Wildman–Crippen MR) is 131 cm³/mol. The summed E-state index contributed by atoms with van der Waals surface area (Å²) in [6, 6.07) is 14.7. The molecular formula is C25H32N6O2. The number of rotatable bonds is 11. The number of nitrogens with two attached hydrogens (primary N) is 1. The first-order valence-corrected chi connectivity index (χ1v) is 11.1. The number of H-pyrrole nitrogens is 1. The molecule has 174 valence electrons. The van der Waals surface area contributed by atoms with Crippen molar-refractivity contribution in [2.75, 3.05) is 13.1 Å². The molecule has 2 amide bonds. The van der Waals surface area contributed by atoms with Gasteiger partial charge in [-0.3, -0.25) is 15.0 Å². The first-order valence-electron chi connectivity index (χ1n) is 11.1. The number of carbonyl (C=O) groups is 2. The van der Waals surface area contributed by atoms with Crippen LogP contribution in [0.15, 0.2) is 54.7 Å². The molecule has 8 heteroatoms. The van der Waals surface area contributed by atoms with Crippen molar-refractivity contribution in [1.29, 1.82) is 5.41 Å². The number of carbonyl (C=O) groups excluding carboxylic acids is 2. The van der Waals surface area contributed by atoms with Crippen molar-refractivity contribution < 1.29 is 9.59 Å². The van der Waals surface area contributed by atoms with Gasteiger partial charge in [-0.15, -0.1) is 0 Å². The van der Waals surface area contributed by atoms with Gasteiger partial charge in [-0.05, 0) is 29.5 Å². The van der Waals surface area contributed by atoms with Crippen LogP contribution in [0.3, 0.4) is 0 Å². The van der Waals surface area contributed by atoms with Gasteiger partial charge < -0.3 is 26.7 Å². The lowest BCUT2D eigenvalue weighted by atomic mass is 10.0. The van der Waals surface area contributed by atoms with Crippen LogP contribution in [0.2, 0.25) is 0 Å². The number of aromatic amines is 1. The van der Waals surface area contributed by atoms with Gasteiger partial charge in [0.2, 0.25) is 11.8 Å². The van der Waals surface area contributed by atoms with Crippen molar-refractivity contribution in [3.05, 3.63) is 71.4 Å². The molecule has 0 spiro atoms. The summed E-state index contributed by atoms with van der Waals surface area (Å²) in [6.45, 7) is 4.91. The molecule has 0 bridgehead atoms. The summed E-state index contributed by atoms with van der Waals surface area (Å²) < 4.78 is 0. The van der Waals surface area contributed by atoms with Crippen LogP contribution in [0.25, 0.3) is 10.9 Å². The number of para-hydroxylation sites is 1. The number of nitrogens with one attached hydrogen (secondary N) is 5. The maximum atomic E-state index is 12.7. The largest absolute Gasteiger partial charge is 0.384 e. The standard InChI is InChI=1S/C25H32N6O2/c1-16(2)23(25(33)29-12-11-19-14-30-21-6-4-3-5-20(19)21)31-22(32)15-28-13-17-7-9-18(10-8-17)24(26)27/h3-10,14,16,23,28,30H,11-13,15H2,1-2H3,(H3,26,27)(H,29,33)(H,31,32). The molecule has 8 nitrogen and oxygen atoms in total. The summed E-state index contributed by atoms with van der Waals surface area (Å²) in [5.41, 5.74) is 9.32. The third kappa shape index (κ3) is 6.66. The van der Waals surface area contributed by atoms with E-state index in [0.29, 0.717) is 25.1 Å². The molecule has 1 atom stereocenters. The summed E-state index contributed by atoms with van der Waals surface area (Å²) in [5, 5.41) is 17.4. The molecule has 0 saturated heterocycles. The van der Waals surface area contributed by atoms with E-state index in [1.807, 2.05) is 50.4 Å². The van der Waals surface area contributed by atoms with Crippen LogP contribution in [0, 0.1) is 11.3 Å². The summed E-state index contributed by atoms with van der Waals surface area (Å²) in [5.74, 6) is -0.437. The third-order valence-electron chi connectivity index (χ3n) is 5.51. The molecule has 7 N–H and O–H groups in total. The van der Waals surface area contributed by atoms with Crippen molar-refractivity contribution in [3.63, 3.8) is 0 Å². The van der Waals surface area contributed by atoms with E-state index in [2.05, 4.69) is 27.0 Å². The smallest absolute Gasteiger partial charge is 0.242 e. The van der Waals surface area contributed by atoms with E-state index in [4.69, 9.17) is 11.1 Å². The Hall–Kier alpha value is -3.65. The van der Waals surface area contributed by atoms with E-state index in [1.54, 1.807) is 12.1 Å². The molecule has 3 rings (SSSR count). The second-order valence-corrected chi connectivity index (χ2v) is 8.40. The molecule has 0 aliphatic carbocycles. The minimum absolute atomic E-state index is 0.0216. The quantitative estimate of drug-likeness (QED) is 0.198. The molecule has 0 radical (unpaired) electrons. The summed E-state index contributed by atoms with van der Waals surface area (Å²) in [4.78, 5) is 28.4. The number of amidine groups is 1. The maximum Gasteiger partial charge on any atom is 0.242 e. The lowest BCUT2D eigenvalue weighted by Gasteiger charge is -2.22. The second-order valence-electron chi connectivity index (χ2n) is 8.40. The van der Waals surface area contributed by atoms with E-state index in [1.165, 1.54) is 0 Å². The fraction of sp³-hybridized carbons (Fsp3) is 0.320. The third-order valence-corrected chi connectivity index (χ3v) is 5.51. The molecule has 3 aromatic rings. The molecule has 33 heavy (non-hydrogen) atoms. The van der Waals surface area contributed by atoms with Crippen molar-refractivity contribution in [3.8, 4) is 0 Å². The van der Waals surface area contributed by atoms with Gasteiger partial charge in [-0.1, -0.05) is 56.3 Å². The average molecular weight is 449 g/mol. The SMILES string of the molecule is CC(C)C(NC(=O)CNCc1ccc(C(=N)N)cc1)C(=O)NCCc1c[nH]c2ccccc12. The molecule has 0 aliphatic heterocycles. The molecule has 1 unspecified atom stereocenters. The fourth-order valence-corrected chi connectivity index (χ4v) is 3.65. The van der Waals surface area contributed by atoms with Crippen molar-refractivity contribution in [1.82, 2.24) is 20.9 Å². The van der Waals surface area contributed by atoms with E-state index in [9.17, 15) is 9.59 Å². The zero-order chi connectivity index (χ0) is 23.8. The van der Waals surface area contributed by atoms with E-state index < -0.39 is 6.04 Å². The highest BCUT2D eigenvalue weighted by Gasteiger charge is 2.23. The van der Waals surface area contributed by atoms with Gasteiger partial charge in [0.15, 0.2) is 0 Å². The Morgan fingerprint density at radius 3 is 2.52 bits per heavy atom. The maximum absolute atomic E-state index is 12.7. The second kappa shape index (κ2) is 11.3. The van der Waals surface area contributed by atoms with Crippen molar-refractivity contribution in [2.24, 2.45) is 11.7 Å². The van der Waals surface area contributed by atoms with E-state index in [-0.39, 0.29) is 30.1 Å². The van der Waals surface area contributed by atoms with Gasteiger partial charge in [0, 0.05) is 35.8 Å². The summed E-state index contributed by atoms with van der Waals surface area (Å²) in [7, 11) is 0. The number of nitrogen functional groups attached to an aromatic ring is 1. The Morgan fingerprint density at radius 2 is 1.82 bits per heavy atom. The highest BCUT2D eigenvalue weighted by atomic mass is 16.2. The molecule has 0 aliphatic rings. The van der Waals surface area contributed by atoms with Crippen LogP contribution < -0.4 is 21.7 Å². The average Bonchev–Trinajstić information content (AvgIpc) is 3.20. The Labute approximate surface area is 193 Å². The lowest BCUT2D eigenvalue weighted by Crippen LogP contribution is -2.51. The van der Waals surface area contributed by atoms with Crippen LogP contribution >= 0.6 is 0 Å². The van der Waals surface area contributed by atoms with E-state index in [0.717, 1.165) is 22.0 Å². The Morgan fingerprint density at radius 1 is 1.09 bits per heavy atom. The van der Waals surface area contributed by atoms with Crippen molar-refractivity contribution >= 4 is 28.6 Å². The first-order chi connectivity index (χ1) is 15.8. The first kappa shape index (κ1) is 24.0. The van der Waals surface area contributed by atoms with Gasteiger partial charge in [-0.25, -0.2) is 0 Å². The van der Waals surface area contributed by atoms with Crippen molar-refractivity contribution in [2.45, 2.75) is 32.9 Å². The molecule has 0 saturated carbocycles. The van der Waals surface area contributed by atoms with Crippen LogP contribution in [0.1, 0.15) is 30.5 Å². The molecular weight excluding hydrogens is 416 g/mol. The van der Waals surface area contributed by atoms with Crippen LogP contribution in [-0.4, -0.2) is 41.8 Å². The van der Waals surface area contributed by atoms with Gasteiger partial charge in [0.05, 0.1) is 6.54 Å². The molecule has 1 heterocycles. The Kier molecular flexibility index (Phi) is 8.21. The van der Waals surface area contributed by atoms with Gasteiger partial charge in [-0.2, -0.15) is 0 Å². The van der Waals surface area contributed by atoms with Crippen LogP contribution in [-0.2, 0) is 22.6 Å². The zero-order valence-corrected chi connectivity index (χ0v) is 19.1. The van der Waals surface area contributed by atoms with Gasteiger partial charge in [0.1, 0.15) is 11.9 Å².